The van der Waals surface area contributed by atoms with Crippen molar-refractivity contribution in [3.63, 3.8) is 0 Å². The van der Waals surface area contributed by atoms with Crippen molar-refractivity contribution in [3.05, 3.63) is 51.7 Å². The molecule has 126 valence electrons. The van der Waals surface area contributed by atoms with E-state index in [4.69, 9.17) is 4.74 Å². The lowest BCUT2D eigenvalue weighted by Crippen LogP contribution is -2.13. The average molecular weight is 350 g/mol. The van der Waals surface area contributed by atoms with Crippen LogP contribution in [0.25, 0.3) is 10.2 Å². The summed E-state index contributed by atoms with van der Waals surface area (Å²) in [6.45, 7) is 0.0233. The Morgan fingerprint density at radius 2 is 1.96 bits per heavy atom. The molecule has 25 heavy (non-hydrogen) atoms. The standard InChI is InChI=1S/C20H18N2O2S/c23-16(14-8-7-12-3-1-4-13(12)9-14)10-24-19-18-15-5-2-6-17(15)25-20(18)22-11-21-19/h7-9,11H,1-6,10H2. The number of benzene rings is 1. The fourth-order valence-corrected chi connectivity index (χ4v) is 5.19. The number of thiophene rings is 1. The van der Waals surface area contributed by atoms with Gasteiger partial charge in [0.25, 0.3) is 0 Å². The molecule has 3 aromatic rings. The summed E-state index contributed by atoms with van der Waals surface area (Å²) in [6.07, 6.45) is 8.27. The summed E-state index contributed by atoms with van der Waals surface area (Å²) in [5.41, 5.74) is 4.75. The van der Waals surface area contributed by atoms with Crippen LogP contribution in [0.3, 0.4) is 0 Å². The van der Waals surface area contributed by atoms with Crippen molar-refractivity contribution in [2.45, 2.75) is 38.5 Å². The van der Waals surface area contributed by atoms with Crippen LogP contribution >= 0.6 is 11.3 Å². The maximum absolute atomic E-state index is 12.6. The van der Waals surface area contributed by atoms with Crippen molar-refractivity contribution in [1.82, 2.24) is 9.97 Å². The number of aromatic nitrogens is 2. The van der Waals surface area contributed by atoms with Gasteiger partial charge in [-0.2, -0.15) is 0 Å². The van der Waals surface area contributed by atoms with E-state index in [1.807, 2.05) is 12.1 Å². The highest BCUT2D eigenvalue weighted by atomic mass is 32.1. The number of aryl methyl sites for hydroxylation is 4. The van der Waals surface area contributed by atoms with Gasteiger partial charge in [-0.25, -0.2) is 9.97 Å². The lowest BCUT2D eigenvalue weighted by molar-refractivity contribution is 0.0919. The normalized spacial score (nSPS) is 15.4. The molecule has 0 saturated heterocycles. The molecule has 0 atom stereocenters. The van der Waals surface area contributed by atoms with Gasteiger partial charge < -0.3 is 4.74 Å². The van der Waals surface area contributed by atoms with Crippen molar-refractivity contribution < 1.29 is 9.53 Å². The van der Waals surface area contributed by atoms with E-state index in [-0.39, 0.29) is 12.4 Å². The fraction of sp³-hybridized carbons (Fsp3) is 0.350. The predicted molar refractivity (Wildman–Crippen MR) is 97.7 cm³/mol. The van der Waals surface area contributed by atoms with Gasteiger partial charge in [0.2, 0.25) is 5.88 Å². The quantitative estimate of drug-likeness (QED) is 0.669. The first-order valence-electron chi connectivity index (χ1n) is 8.82. The van der Waals surface area contributed by atoms with E-state index in [1.165, 1.54) is 40.7 Å². The van der Waals surface area contributed by atoms with Gasteiger partial charge in [-0.15, -0.1) is 11.3 Å². The van der Waals surface area contributed by atoms with E-state index >= 15 is 0 Å². The molecule has 0 saturated carbocycles. The van der Waals surface area contributed by atoms with Crippen LogP contribution < -0.4 is 4.74 Å². The van der Waals surface area contributed by atoms with Crippen LogP contribution in [0.5, 0.6) is 5.88 Å². The number of carbonyl (C=O) groups excluding carboxylic acids is 1. The largest absolute Gasteiger partial charge is 0.469 e. The van der Waals surface area contributed by atoms with Crippen molar-refractivity contribution in [2.75, 3.05) is 6.61 Å². The zero-order valence-corrected chi connectivity index (χ0v) is 14.7. The molecule has 5 rings (SSSR count). The number of carbonyl (C=O) groups is 1. The Hall–Kier alpha value is -2.27. The third-order valence-electron chi connectivity index (χ3n) is 5.23. The van der Waals surface area contributed by atoms with Gasteiger partial charge in [-0.05, 0) is 61.3 Å². The first kappa shape index (κ1) is 15.0. The lowest BCUT2D eigenvalue weighted by Gasteiger charge is -2.08. The van der Waals surface area contributed by atoms with Crippen LogP contribution in [0, 0.1) is 0 Å². The van der Waals surface area contributed by atoms with Crippen LogP contribution in [-0.4, -0.2) is 22.4 Å². The second-order valence-electron chi connectivity index (χ2n) is 6.77. The number of hydrogen-bond donors (Lipinski definition) is 0. The van der Waals surface area contributed by atoms with Crippen molar-refractivity contribution >= 4 is 27.3 Å². The highest BCUT2D eigenvalue weighted by Gasteiger charge is 2.22. The molecule has 0 aliphatic heterocycles. The summed E-state index contributed by atoms with van der Waals surface area (Å²) in [7, 11) is 0. The van der Waals surface area contributed by atoms with Crippen LogP contribution in [0.4, 0.5) is 0 Å². The Balaban J connectivity index is 1.39. The Morgan fingerprint density at radius 3 is 2.92 bits per heavy atom. The monoisotopic (exact) mass is 350 g/mol. The fourth-order valence-electron chi connectivity index (χ4n) is 3.97. The van der Waals surface area contributed by atoms with Crippen molar-refractivity contribution in [2.24, 2.45) is 0 Å². The second kappa shape index (κ2) is 5.92. The van der Waals surface area contributed by atoms with E-state index in [2.05, 4.69) is 16.0 Å². The van der Waals surface area contributed by atoms with Gasteiger partial charge >= 0.3 is 0 Å². The topological polar surface area (TPSA) is 52.1 Å². The molecule has 0 fully saturated rings. The summed E-state index contributed by atoms with van der Waals surface area (Å²) >= 11 is 1.73. The van der Waals surface area contributed by atoms with Gasteiger partial charge in [0.05, 0.1) is 5.39 Å². The SMILES string of the molecule is O=C(COc1ncnc2sc3c(c12)CCC3)c1ccc2c(c1)CCC2. The molecule has 2 aliphatic rings. The number of ether oxygens (including phenoxy) is 1. The third-order valence-corrected chi connectivity index (χ3v) is 6.43. The average Bonchev–Trinajstić information content (AvgIpc) is 3.33. The third kappa shape index (κ3) is 2.54. The number of rotatable bonds is 4. The molecule has 0 unspecified atom stereocenters. The van der Waals surface area contributed by atoms with E-state index in [9.17, 15) is 4.79 Å². The van der Waals surface area contributed by atoms with Crippen molar-refractivity contribution in [3.8, 4) is 5.88 Å². The highest BCUT2D eigenvalue weighted by Crippen LogP contribution is 2.39. The van der Waals surface area contributed by atoms with Gasteiger partial charge in [-0.1, -0.05) is 12.1 Å². The summed E-state index contributed by atoms with van der Waals surface area (Å²) < 4.78 is 5.84. The number of fused-ring (bicyclic) bond motifs is 4. The predicted octanol–water partition coefficient (Wildman–Crippen LogP) is 3.93. The molecule has 2 heterocycles. The summed E-state index contributed by atoms with van der Waals surface area (Å²) in [5, 5.41) is 1.02. The van der Waals surface area contributed by atoms with Gasteiger partial charge in [-0.3, -0.25) is 4.79 Å². The number of ketones is 1. The Bertz CT molecular complexity index is 993. The number of nitrogens with zero attached hydrogens (tertiary/aromatic N) is 2. The molecular formula is C20H18N2O2S. The molecule has 2 aromatic heterocycles. The first-order chi connectivity index (χ1) is 12.3. The van der Waals surface area contributed by atoms with Crippen LogP contribution in [0.15, 0.2) is 24.5 Å². The minimum atomic E-state index is 0.00772. The van der Waals surface area contributed by atoms with E-state index in [1.54, 1.807) is 11.3 Å². The molecule has 2 aliphatic carbocycles. The van der Waals surface area contributed by atoms with E-state index in [0.717, 1.165) is 41.5 Å². The highest BCUT2D eigenvalue weighted by molar-refractivity contribution is 7.18. The van der Waals surface area contributed by atoms with E-state index in [0.29, 0.717) is 5.88 Å². The second-order valence-corrected chi connectivity index (χ2v) is 7.85. The maximum atomic E-state index is 12.6. The molecule has 0 radical (unpaired) electrons. The minimum Gasteiger partial charge on any atom is -0.469 e. The molecule has 4 nitrogen and oxygen atoms in total. The molecule has 0 N–H and O–H groups in total. The Morgan fingerprint density at radius 1 is 1.08 bits per heavy atom. The summed E-state index contributed by atoms with van der Waals surface area (Å²) in [4.78, 5) is 23.6. The number of Topliss-reactive ketones (excluding diaryl/α,β-unsaturated/α-hetero) is 1. The van der Waals surface area contributed by atoms with Crippen molar-refractivity contribution in [1.29, 1.82) is 0 Å². The summed E-state index contributed by atoms with van der Waals surface area (Å²) in [6, 6.07) is 6.05. The van der Waals surface area contributed by atoms with Crippen LogP contribution in [0.1, 0.15) is 44.8 Å². The smallest absolute Gasteiger partial charge is 0.226 e. The minimum absolute atomic E-state index is 0.00772. The maximum Gasteiger partial charge on any atom is 0.226 e. The zero-order chi connectivity index (χ0) is 16.8. The molecule has 0 spiro atoms. The first-order valence-corrected chi connectivity index (χ1v) is 9.64. The van der Waals surface area contributed by atoms with Gasteiger partial charge in [0.1, 0.15) is 11.2 Å². The Labute approximate surface area is 149 Å². The zero-order valence-electron chi connectivity index (χ0n) is 13.9. The lowest BCUT2D eigenvalue weighted by atomic mass is 10.0. The number of hydrogen-bond acceptors (Lipinski definition) is 5. The molecule has 5 heteroatoms. The molecule has 1 aromatic carbocycles. The van der Waals surface area contributed by atoms with Crippen LogP contribution in [0.2, 0.25) is 0 Å². The van der Waals surface area contributed by atoms with Gasteiger partial charge in [0, 0.05) is 10.4 Å². The van der Waals surface area contributed by atoms with E-state index < -0.39 is 0 Å². The van der Waals surface area contributed by atoms with Crippen LogP contribution in [-0.2, 0) is 25.7 Å². The van der Waals surface area contributed by atoms with Gasteiger partial charge in [0.15, 0.2) is 12.4 Å². The molecule has 0 bridgehead atoms. The summed E-state index contributed by atoms with van der Waals surface area (Å²) in [5.74, 6) is 0.562. The molecule has 0 amide bonds. The Kier molecular flexibility index (Phi) is 3.55. The molecular weight excluding hydrogens is 332 g/mol.